The minimum absolute atomic E-state index is 0.340. The average Bonchev–Trinajstić information content (AvgIpc) is 3.34. The van der Waals surface area contributed by atoms with Gasteiger partial charge in [-0.3, -0.25) is 4.40 Å². The molecule has 0 aliphatic carbocycles. The van der Waals surface area contributed by atoms with Gasteiger partial charge in [-0.2, -0.15) is 10.5 Å². The van der Waals surface area contributed by atoms with E-state index >= 15 is 0 Å². The molecule has 0 aliphatic heterocycles. The van der Waals surface area contributed by atoms with Gasteiger partial charge in [-0.05, 0) is 37.6 Å². The highest BCUT2D eigenvalue weighted by Crippen LogP contribution is 2.30. The monoisotopic (exact) mass is 410 g/mol. The molecule has 0 spiro atoms. The number of aryl methyl sites for hydroxylation is 1. The molecule has 30 heavy (non-hydrogen) atoms. The van der Waals surface area contributed by atoms with Crippen LogP contribution in [-0.2, 0) is 6.42 Å². The van der Waals surface area contributed by atoms with Crippen LogP contribution in [0.15, 0.2) is 48.8 Å². The summed E-state index contributed by atoms with van der Waals surface area (Å²) in [5, 5.41) is 26.8. The predicted molar refractivity (Wildman–Crippen MR) is 119 cm³/mol. The van der Waals surface area contributed by atoms with E-state index in [4.69, 9.17) is 15.9 Å². The van der Waals surface area contributed by atoms with E-state index in [2.05, 4.69) is 22.1 Å². The van der Waals surface area contributed by atoms with Gasteiger partial charge in [0.25, 0.3) is 0 Å². The quantitative estimate of drug-likeness (QED) is 0.261. The van der Waals surface area contributed by atoms with Crippen LogP contribution in [0.3, 0.4) is 0 Å². The van der Waals surface area contributed by atoms with Crippen molar-refractivity contribution in [3.8, 4) is 23.4 Å². The standard InChI is InChI=1S/C23H18N6S/c1-15(26)18(9-11-25)17-6-8-22-27-13-20(29(22)14-17)16-5-7-19-21(12-16)30-23(28-19)4-2-3-10-24/h5-9,12-14,26H,2-4H2,1H3/b18-9+,26-15?. The van der Waals surface area contributed by atoms with Crippen LogP contribution in [0, 0.1) is 28.1 Å². The normalized spacial score (nSPS) is 11.5. The highest BCUT2D eigenvalue weighted by molar-refractivity contribution is 7.18. The number of benzene rings is 1. The van der Waals surface area contributed by atoms with Crippen molar-refractivity contribution in [2.75, 3.05) is 0 Å². The molecule has 3 heterocycles. The topological polar surface area (TPSA) is 102 Å². The zero-order valence-electron chi connectivity index (χ0n) is 16.4. The number of hydrogen-bond acceptors (Lipinski definition) is 6. The molecule has 4 aromatic rings. The van der Waals surface area contributed by atoms with Crippen LogP contribution in [0.4, 0.5) is 0 Å². The molecule has 0 bridgehead atoms. The van der Waals surface area contributed by atoms with Gasteiger partial charge in [0.15, 0.2) is 0 Å². The first-order valence-corrected chi connectivity index (χ1v) is 10.3. The molecule has 0 aliphatic rings. The molecule has 6 nitrogen and oxygen atoms in total. The van der Waals surface area contributed by atoms with Crippen LogP contribution in [0.25, 0.3) is 32.7 Å². The van der Waals surface area contributed by atoms with Crippen molar-refractivity contribution in [2.45, 2.75) is 26.2 Å². The van der Waals surface area contributed by atoms with E-state index in [9.17, 15) is 0 Å². The number of fused-ring (bicyclic) bond motifs is 2. The Morgan fingerprint density at radius 3 is 2.90 bits per heavy atom. The van der Waals surface area contributed by atoms with E-state index in [0.29, 0.717) is 17.7 Å². The maximum absolute atomic E-state index is 9.06. The molecule has 0 atom stereocenters. The van der Waals surface area contributed by atoms with Crippen LogP contribution >= 0.6 is 11.3 Å². The number of thiazole rings is 1. The Hall–Kier alpha value is -3.81. The van der Waals surface area contributed by atoms with Gasteiger partial charge in [0.1, 0.15) is 5.65 Å². The first-order valence-electron chi connectivity index (χ1n) is 9.50. The number of nitriles is 2. The molecule has 3 aromatic heterocycles. The van der Waals surface area contributed by atoms with Crippen molar-refractivity contribution < 1.29 is 0 Å². The van der Waals surface area contributed by atoms with Gasteiger partial charge in [-0.1, -0.05) is 6.07 Å². The lowest BCUT2D eigenvalue weighted by Crippen LogP contribution is -1.98. The lowest BCUT2D eigenvalue weighted by atomic mass is 10.0. The lowest BCUT2D eigenvalue weighted by molar-refractivity contribution is 0.845. The molecule has 0 amide bonds. The smallest absolute Gasteiger partial charge is 0.137 e. The largest absolute Gasteiger partial charge is 0.305 e. The summed E-state index contributed by atoms with van der Waals surface area (Å²) in [5.74, 6) is 0. The molecule has 146 valence electrons. The van der Waals surface area contributed by atoms with Crippen LogP contribution in [0.5, 0.6) is 0 Å². The summed E-state index contributed by atoms with van der Waals surface area (Å²) in [5.41, 5.74) is 5.46. The van der Waals surface area contributed by atoms with Crippen molar-refractivity contribution >= 4 is 38.5 Å². The van der Waals surface area contributed by atoms with Crippen molar-refractivity contribution in [1.29, 1.82) is 15.9 Å². The predicted octanol–water partition coefficient (Wildman–Crippen LogP) is 5.40. The number of rotatable bonds is 6. The number of nitrogens with one attached hydrogen (secondary N) is 1. The number of imidazole rings is 1. The maximum Gasteiger partial charge on any atom is 0.137 e. The second-order valence-corrected chi connectivity index (χ2v) is 8.02. The second kappa shape index (κ2) is 8.28. The molecule has 0 unspecified atom stereocenters. The van der Waals surface area contributed by atoms with E-state index in [1.165, 1.54) is 6.08 Å². The van der Waals surface area contributed by atoms with Crippen LogP contribution in [0.1, 0.15) is 30.3 Å². The maximum atomic E-state index is 9.06. The Kier molecular flexibility index (Phi) is 5.38. The molecule has 1 aromatic carbocycles. The van der Waals surface area contributed by atoms with Gasteiger partial charge in [0.05, 0.1) is 39.3 Å². The highest BCUT2D eigenvalue weighted by Gasteiger charge is 2.12. The van der Waals surface area contributed by atoms with Gasteiger partial charge in [-0.15, -0.1) is 11.3 Å². The summed E-state index contributed by atoms with van der Waals surface area (Å²) < 4.78 is 3.09. The van der Waals surface area contributed by atoms with Gasteiger partial charge < -0.3 is 5.41 Å². The Labute approximate surface area is 177 Å². The van der Waals surface area contributed by atoms with E-state index in [-0.39, 0.29) is 0 Å². The number of nitrogens with zero attached hydrogens (tertiary/aromatic N) is 5. The second-order valence-electron chi connectivity index (χ2n) is 6.90. The third kappa shape index (κ3) is 3.71. The first kappa shape index (κ1) is 19.5. The zero-order valence-corrected chi connectivity index (χ0v) is 17.2. The molecule has 0 saturated carbocycles. The Morgan fingerprint density at radius 2 is 2.13 bits per heavy atom. The summed E-state index contributed by atoms with van der Waals surface area (Å²) in [6.45, 7) is 1.67. The fourth-order valence-electron chi connectivity index (χ4n) is 3.38. The minimum atomic E-state index is 0.340. The van der Waals surface area contributed by atoms with Crippen molar-refractivity contribution in [3.05, 3.63) is 59.4 Å². The number of allylic oxidation sites excluding steroid dienone is 2. The van der Waals surface area contributed by atoms with E-state index in [0.717, 1.165) is 50.5 Å². The fraction of sp³-hybridized carbons (Fsp3) is 0.174. The number of hydrogen-bond donors (Lipinski definition) is 1. The molecule has 0 fully saturated rings. The lowest BCUT2D eigenvalue weighted by Gasteiger charge is -2.08. The minimum Gasteiger partial charge on any atom is -0.305 e. The van der Waals surface area contributed by atoms with Gasteiger partial charge >= 0.3 is 0 Å². The van der Waals surface area contributed by atoms with Crippen molar-refractivity contribution in [2.24, 2.45) is 0 Å². The number of unbranched alkanes of at least 4 members (excludes halogenated alkanes) is 1. The van der Waals surface area contributed by atoms with Crippen molar-refractivity contribution in [3.63, 3.8) is 0 Å². The highest BCUT2D eigenvalue weighted by atomic mass is 32.1. The first-order chi connectivity index (χ1) is 14.6. The van der Waals surface area contributed by atoms with Crippen molar-refractivity contribution in [1.82, 2.24) is 14.4 Å². The van der Waals surface area contributed by atoms with Gasteiger partial charge in [0.2, 0.25) is 0 Å². The Bertz CT molecular complexity index is 1380. The fourth-order valence-corrected chi connectivity index (χ4v) is 4.43. The summed E-state index contributed by atoms with van der Waals surface area (Å²) in [6, 6.07) is 14.1. The molecule has 4 rings (SSSR count). The summed E-state index contributed by atoms with van der Waals surface area (Å²) in [7, 11) is 0. The van der Waals surface area contributed by atoms with Gasteiger partial charge in [0, 0.05) is 47.5 Å². The zero-order chi connectivity index (χ0) is 21.1. The Balaban J connectivity index is 1.75. The third-order valence-electron chi connectivity index (χ3n) is 4.84. The summed E-state index contributed by atoms with van der Waals surface area (Å²) in [4.78, 5) is 9.17. The average molecular weight is 411 g/mol. The molecule has 1 N–H and O–H groups in total. The van der Waals surface area contributed by atoms with Gasteiger partial charge in [-0.25, -0.2) is 9.97 Å². The number of pyridine rings is 1. The van der Waals surface area contributed by atoms with Crippen LogP contribution < -0.4 is 0 Å². The van der Waals surface area contributed by atoms with Crippen LogP contribution in [-0.4, -0.2) is 20.1 Å². The van der Waals surface area contributed by atoms with E-state index in [1.807, 2.05) is 47.1 Å². The summed E-state index contributed by atoms with van der Waals surface area (Å²) >= 11 is 1.66. The SMILES string of the molecule is CC(=N)/C(=C\C#N)c1ccc2ncc(-c3ccc4nc(CCCC#N)sc4c3)n2c1. The van der Waals surface area contributed by atoms with E-state index < -0.39 is 0 Å². The molecule has 7 heteroatoms. The molecular formula is C23H18N6S. The molecule has 0 radical (unpaired) electrons. The summed E-state index contributed by atoms with van der Waals surface area (Å²) in [6.07, 6.45) is 7.34. The Morgan fingerprint density at radius 1 is 1.27 bits per heavy atom. The number of aromatic nitrogens is 3. The molecule has 0 saturated heterocycles. The third-order valence-corrected chi connectivity index (χ3v) is 5.92. The van der Waals surface area contributed by atoms with E-state index in [1.54, 1.807) is 18.3 Å². The van der Waals surface area contributed by atoms with Crippen LogP contribution in [0.2, 0.25) is 0 Å². The molecular weight excluding hydrogens is 392 g/mol.